The minimum Gasteiger partial charge on any atom is -0.390 e. The van der Waals surface area contributed by atoms with Gasteiger partial charge >= 0.3 is 0 Å². The fourth-order valence-corrected chi connectivity index (χ4v) is 1.62. The van der Waals surface area contributed by atoms with Crippen molar-refractivity contribution in [1.29, 1.82) is 0 Å². The van der Waals surface area contributed by atoms with Crippen molar-refractivity contribution >= 4 is 5.69 Å². The lowest BCUT2D eigenvalue weighted by atomic mass is 10.00. The Balaban J connectivity index is 3.01. The van der Waals surface area contributed by atoms with E-state index >= 15 is 0 Å². The number of hydrogen-bond donors (Lipinski definition) is 3. The molecule has 94 valence electrons. The molecule has 1 aromatic rings. The third-order valence-electron chi connectivity index (χ3n) is 2.46. The van der Waals surface area contributed by atoms with Crippen LogP contribution >= 0.6 is 0 Å². The molecule has 6 heteroatoms. The Morgan fingerprint density at radius 1 is 1.41 bits per heavy atom. The standard InChI is InChI=1S/C11H16N2O4/c1-7-4-8(6-9(5-7)13(16)17)11(15)10(14)2-3-12/h4-6,10-11,14-15H,2-3,12H2,1H3. The average Bonchev–Trinajstić information content (AvgIpc) is 2.27. The maximum Gasteiger partial charge on any atom is 0.270 e. The highest BCUT2D eigenvalue weighted by Crippen LogP contribution is 2.24. The van der Waals surface area contributed by atoms with Crippen molar-refractivity contribution in [3.8, 4) is 0 Å². The van der Waals surface area contributed by atoms with Gasteiger partial charge in [-0.3, -0.25) is 10.1 Å². The van der Waals surface area contributed by atoms with Gasteiger partial charge < -0.3 is 15.9 Å². The molecule has 4 N–H and O–H groups in total. The van der Waals surface area contributed by atoms with Gasteiger partial charge in [-0.2, -0.15) is 0 Å². The summed E-state index contributed by atoms with van der Waals surface area (Å²) < 4.78 is 0. The van der Waals surface area contributed by atoms with Crippen molar-refractivity contribution in [3.63, 3.8) is 0 Å². The molecule has 0 fully saturated rings. The molecule has 0 bridgehead atoms. The molecule has 0 aliphatic carbocycles. The lowest BCUT2D eigenvalue weighted by Crippen LogP contribution is -2.21. The molecule has 17 heavy (non-hydrogen) atoms. The summed E-state index contributed by atoms with van der Waals surface area (Å²) in [5.41, 5.74) is 6.17. The first kappa shape index (κ1) is 13.6. The van der Waals surface area contributed by atoms with Gasteiger partial charge in [-0.15, -0.1) is 0 Å². The molecule has 2 unspecified atom stereocenters. The lowest BCUT2D eigenvalue weighted by Gasteiger charge is -2.17. The molecule has 0 aliphatic heterocycles. The van der Waals surface area contributed by atoms with Gasteiger partial charge in [0.15, 0.2) is 0 Å². The van der Waals surface area contributed by atoms with E-state index in [4.69, 9.17) is 5.73 Å². The van der Waals surface area contributed by atoms with Crippen molar-refractivity contribution < 1.29 is 15.1 Å². The largest absolute Gasteiger partial charge is 0.390 e. The maximum absolute atomic E-state index is 10.7. The summed E-state index contributed by atoms with van der Waals surface area (Å²) in [6.07, 6.45) is -1.93. The van der Waals surface area contributed by atoms with Crippen molar-refractivity contribution in [2.75, 3.05) is 6.54 Å². The van der Waals surface area contributed by atoms with Gasteiger partial charge in [0.05, 0.1) is 11.0 Å². The normalized spacial score (nSPS) is 14.4. The molecular formula is C11H16N2O4. The van der Waals surface area contributed by atoms with Crippen molar-refractivity contribution in [1.82, 2.24) is 0 Å². The molecule has 0 aliphatic rings. The van der Waals surface area contributed by atoms with E-state index < -0.39 is 17.1 Å². The molecular weight excluding hydrogens is 224 g/mol. The van der Waals surface area contributed by atoms with E-state index in [1.165, 1.54) is 12.1 Å². The van der Waals surface area contributed by atoms with E-state index in [0.29, 0.717) is 11.1 Å². The molecule has 6 nitrogen and oxygen atoms in total. The van der Waals surface area contributed by atoms with Gasteiger partial charge in [0.1, 0.15) is 6.10 Å². The minimum atomic E-state index is -1.16. The highest BCUT2D eigenvalue weighted by molar-refractivity contribution is 5.40. The molecule has 0 aromatic heterocycles. The Hall–Kier alpha value is -1.50. The van der Waals surface area contributed by atoms with Crippen LogP contribution in [0.2, 0.25) is 0 Å². The summed E-state index contributed by atoms with van der Waals surface area (Å²) in [4.78, 5) is 10.1. The van der Waals surface area contributed by atoms with Crippen LogP contribution in [-0.2, 0) is 0 Å². The Bertz CT molecular complexity index is 408. The number of nitro benzene ring substituents is 1. The van der Waals surface area contributed by atoms with E-state index in [-0.39, 0.29) is 18.7 Å². The number of hydrogen-bond acceptors (Lipinski definition) is 5. The molecule has 1 aromatic carbocycles. The fraction of sp³-hybridized carbons (Fsp3) is 0.455. The fourth-order valence-electron chi connectivity index (χ4n) is 1.62. The summed E-state index contributed by atoms with van der Waals surface area (Å²) in [5, 5.41) is 30.1. The van der Waals surface area contributed by atoms with Crippen LogP contribution < -0.4 is 5.73 Å². The number of aryl methyl sites for hydroxylation is 1. The Labute approximate surface area is 98.8 Å². The lowest BCUT2D eigenvalue weighted by molar-refractivity contribution is -0.385. The quantitative estimate of drug-likeness (QED) is 0.517. The molecule has 0 heterocycles. The average molecular weight is 240 g/mol. The minimum absolute atomic E-state index is 0.0981. The van der Waals surface area contributed by atoms with Gasteiger partial charge in [0, 0.05) is 12.1 Å². The summed E-state index contributed by atoms with van der Waals surface area (Å²) >= 11 is 0. The predicted molar refractivity (Wildman–Crippen MR) is 62.5 cm³/mol. The Morgan fingerprint density at radius 3 is 2.59 bits per heavy atom. The second-order valence-corrected chi connectivity index (χ2v) is 3.95. The molecule has 0 saturated carbocycles. The number of non-ortho nitro benzene ring substituents is 1. The number of benzene rings is 1. The summed E-state index contributed by atoms with van der Waals surface area (Å²) in [5.74, 6) is 0. The van der Waals surface area contributed by atoms with E-state index in [1.54, 1.807) is 13.0 Å². The molecule has 0 spiro atoms. The summed E-state index contributed by atoms with van der Waals surface area (Å²) in [6, 6.07) is 4.28. The van der Waals surface area contributed by atoms with Crippen molar-refractivity contribution in [2.24, 2.45) is 5.73 Å². The predicted octanol–water partition coefficient (Wildman–Crippen LogP) is 0.646. The van der Waals surface area contributed by atoms with Crippen LogP contribution in [0.1, 0.15) is 23.7 Å². The van der Waals surface area contributed by atoms with Gasteiger partial charge in [0.2, 0.25) is 0 Å². The van der Waals surface area contributed by atoms with E-state index in [2.05, 4.69) is 0 Å². The van der Waals surface area contributed by atoms with E-state index in [1.807, 2.05) is 0 Å². The molecule has 0 saturated heterocycles. The highest BCUT2D eigenvalue weighted by atomic mass is 16.6. The third-order valence-corrected chi connectivity index (χ3v) is 2.46. The molecule has 0 radical (unpaired) electrons. The Morgan fingerprint density at radius 2 is 2.06 bits per heavy atom. The third kappa shape index (κ3) is 3.48. The topological polar surface area (TPSA) is 110 Å². The number of nitrogens with two attached hydrogens (primary N) is 1. The van der Waals surface area contributed by atoms with Crippen LogP contribution in [0, 0.1) is 17.0 Å². The zero-order valence-electron chi connectivity index (χ0n) is 9.54. The zero-order chi connectivity index (χ0) is 13.0. The highest BCUT2D eigenvalue weighted by Gasteiger charge is 2.20. The van der Waals surface area contributed by atoms with E-state index in [9.17, 15) is 20.3 Å². The number of rotatable bonds is 5. The van der Waals surface area contributed by atoms with Crippen LogP contribution in [-0.4, -0.2) is 27.8 Å². The number of nitro groups is 1. The Kier molecular flexibility index (Phi) is 4.56. The van der Waals surface area contributed by atoms with Crippen LogP contribution in [0.3, 0.4) is 0 Å². The second kappa shape index (κ2) is 5.72. The summed E-state index contributed by atoms with van der Waals surface area (Å²) in [6.45, 7) is 1.94. The maximum atomic E-state index is 10.7. The molecule has 1 rings (SSSR count). The smallest absolute Gasteiger partial charge is 0.270 e. The number of aliphatic hydroxyl groups is 2. The van der Waals surface area contributed by atoms with Crippen LogP contribution in [0.5, 0.6) is 0 Å². The van der Waals surface area contributed by atoms with Crippen molar-refractivity contribution in [3.05, 3.63) is 39.4 Å². The second-order valence-electron chi connectivity index (χ2n) is 3.95. The first-order valence-corrected chi connectivity index (χ1v) is 5.28. The van der Waals surface area contributed by atoms with Crippen LogP contribution in [0.4, 0.5) is 5.69 Å². The first-order valence-electron chi connectivity index (χ1n) is 5.28. The van der Waals surface area contributed by atoms with E-state index in [0.717, 1.165) is 0 Å². The SMILES string of the molecule is Cc1cc(C(O)C(O)CCN)cc([N+](=O)[O-])c1. The first-order chi connectivity index (χ1) is 7.95. The molecule has 0 amide bonds. The number of aliphatic hydroxyl groups excluding tert-OH is 2. The van der Waals surface area contributed by atoms with Gasteiger partial charge in [-0.05, 0) is 31.0 Å². The van der Waals surface area contributed by atoms with Gasteiger partial charge in [-0.25, -0.2) is 0 Å². The van der Waals surface area contributed by atoms with Crippen molar-refractivity contribution in [2.45, 2.75) is 25.6 Å². The molecule has 2 atom stereocenters. The van der Waals surface area contributed by atoms with Crippen LogP contribution in [0.15, 0.2) is 18.2 Å². The summed E-state index contributed by atoms with van der Waals surface area (Å²) in [7, 11) is 0. The van der Waals surface area contributed by atoms with Gasteiger partial charge in [0.25, 0.3) is 5.69 Å². The zero-order valence-corrected chi connectivity index (χ0v) is 9.54. The number of nitrogens with zero attached hydrogens (tertiary/aromatic N) is 1. The van der Waals surface area contributed by atoms with Crippen LogP contribution in [0.25, 0.3) is 0 Å². The monoisotopic (exact) mass is 240 g/mol. The van der Waals surface area contributed by atoms with Gasteiger partial charge in [-0.1, -0.05) is 6.07 Å².